The number of carboxylic acid groups (broad SMARTS) is 1. The number of rotatable bonds is 3. The van der Waals surface area contributed by atoms with Gasteiger partial charge in [0.05, 0.1) is 11.6 Å². The van der Waals surface area contributed by atoms with Crippen molar-refractivity contribution in [2.45, 2.75) is 31.7 Å². The number of carboxylic acids is 1. The highest BCUT2D eigenvalue weighted by atomic mass is 16.4. The van der Waals surface area contributed by atoms with Crippen LogP contribution >= 0.6 is 0 Å². The van der Waals surface area contributed by atoms with Gasteiger partial charge in [-0.1, -0.05) is 43.3 Å². The molecule has 1 aliphatic heterocycles. The molecule has 2 aromatic carbocycles. The molecule has 2 N–H and O–H groups in total. The highest BCUT2D eigenvalue weighted by Crippen LogP contribution is 2.49. The molecule has 0 spiro atoms. The summed E-state index contributed by atoms with van der Waals surface area (Å²) in [7, 11) is 0. The van der Waals surface area contributed by atoms with Crippen molar-refractivity contribution in [3.63, 3.8) is 0 Å². The second kappa shape index (κ2) is 5.82. The lowest BCUT2D eigenvalue weighted by molar-refractivity contribution is 0.0696. The Bertz CT molecular complexity index is 807. The largest absolute Gasteiger partial charge is 0.478 e. The minimum Gasteiger partial charge on any atom is -0.478 e. The monoisotopic (exact) mass is 319 g/mol. The first-order valence-corrected chi connectivity index (χ1v) is 8.56. The summed E-state index contributed by atoms with van der Waals surface area (Å²) in [5.74, 6) is -0.140. The summed E-state index contributed by atoms with van der Waals surface area (Å²) in [5.41, 5.74) is 5.17. The summed E-state index contributed by atoms with van der Waals surface area (Å²) in [4.78, 5) is 11.3. The smallest absolute Gasteiger partial charge is 0.335 e. The van der Waals surface area contributed by atoms with Crippen LogP contribution < -0.4 is 5.32 Å². The van der Waals surface area contributed by atoms with Gasteiger partial charge in [-0.25, -0.2) is 4.79 Å². The third-order valence-corrected chi connectivity index (χ3v) is 5.36. The molecule has 2 aliphatic rings. The maximum atomic E-state index is 11.3. The Morgan fingerprint density at radius 3 is 2.71 bits per heavy atom. The van der Waals surface area contributed by atoms with E-state index in [9.17, 15) is 9.90 Å². The van der Waals surface area contributed by atoms with E-state index in [0.29, 0.717) is 11.5 Å². The summed E-state index contributed by atoms with van der Waals surface area (Å²) in [6.07, 6.45) is 6.54. The van der Waals surface area contributed by atoms with E-state index in [1.165, 1.54) is 11.1 Å². The first kappa shape index (κ1) is 15.0. The number of carbonyl (C=O) groups is 1. The summed E-state index contributed by atoms with van der Waals surface area (Å²) in [6.45, 7) is 2.17. The van der Waals surface area contributed by atoms with E-state index in [1.807, 2.05) is 12.1 Å². The van der Waals surface area contributed by atoms with E-state index in [-0.39, 0.29) is 12.0 Å². The number of hydrogen-bond donors (Lipinski definition) is 2. The number of anilines is 1. The second-order valence-corrected chi connectivity index (χ2v) is 6.68. The van der Waals surface area contributed by atoms with Crippen LogP contribution in [0, 0.1) is 5.92 Å². The molecule has 0 fully saturated rings. The van der Waals surface area contributed by atoms with Gasteiger partial charge in [-0.15, -0.1) is 0 Å². The molecule has 3 nitrogen and oxygen atoms in total. The number of aryl methyl sites for hydroxylation is 1. The van der Waals surface area contributed by atoms with Gasteiger partial charge >= 0.3 is 5.97 Å². The Labute approximate surface area is 142 Å². The molecule has 4 rings (SSSR count). The van der Waals surface area contributed by atoms with E-state index in [0.717, 1.165) is 24.1 Å². The molecule has 0 saturated carbocycles. The average molecular weight is 319 g/mol. The second-order valence-electron chi connectivity index (χ2n) is 6.68. The molecule has 0 radical (unpaired) electrons. The molecule has 0 aromatic heterocycles. The zero-order chi connectivity index (χ0) is 16.7. The minimum atomic E-state index is -0.867. The van der Waals surface area contributed by atoms with Crippen molar-refractivity contribution in [1.29, 1.82) is 0 Å². The maximum Gasteiger partial charge on any atom is 0.335 e. The minimum absolute atomic E-state index is 0.263. The van der Waals surface area contributed by atoms with Gasteiger partial charge in [0, 0.05) is 11.6 Å². The predicted molar refractivity (Wildman–Crippen MR) is 95.6 cm³/mol. The van der Waals surface area contributed by atoms with Crippen LogP contribution in [0.4, 0.5) is 5.69 Å². The molecular weight excluding hydrogens is 298 g/mol. The van der Waals surface area contributed by atoms with Gasteiger partial charge in [0.1, 0.15) is 0 Å². The number of nitrogens with one attached hydrogen (secondary N) is 1. The Balaban J connectivity index is 1.73. The third-order valence-electron chi connectivity index (χ3n) is 5.36. The van der Waals surface area contributed by atoms with Crippen molar-refractivity contribution in [2.75, 3.05) is 5.32 Å². The lowest BCUT2D eigenvalue weighted by Gasteiger charge is -2.37. The van der Waals surface area contributed by atoms with Crippen LogP contribution in [-0.4, -0.2) is 11.1 Å². The van der Waals surface area contributed by atoms with Gasteiger partial charge in [0.15, 0.2) is 0 Å². The number of fused-ring (bicyclic) bond motifs is 3. The normalized spacial score (nSPS) is 24.1. The van der Waals surface area contributed by atoms with E-state index in [1.54, 1.807) is 6.07 Å². The zero-order valence-electron chi connectivity index (χ0n) is 13.7. The van der Waals surface area contributed by atoms with E-state index < -0.39 is 5.97 Å². The van der Waals surface area contributed by atoms with Crippen molar-refractivity contribution in [2.24, 2.45) is 5.92 Å². The maximum absolute atomic E-state index is 11.3. The highest BCUT2D eigenvalue weighted by Gasteiger charge is 2.38. The molecule has 0 amide bonds. The Kier molecular flexibility index (Phi) is 3.64. The van der Waals surface area contributed by atoms with E-state index in [2.05, 4.69) is 48.7 Å². The average Bonchev–Trinajstić information content (AvgIpc) is 3.10. The van der Waals surface area contributed by atoms with E-state index >= 15 is 0 Å². The highest BCUT2D eigenvalue weighted by molar-refractivity contribution is 5.89. The fourth-order valence-corrected chi connectivity index (χ4v) is 4.02. The quantitative estimate of drug-likeness (QED) is 0.801. The van der Waals surface area contributed by atoms with Crippen LogP contribution in [0.1, 0.15) is 52.4 Å². The number of allylic oxidation sites excluding steroid dienone is 2. The molecule has 0 bridgehead atoms. The molecule has 122 valence electrons. The molecule has 3 heteroatoms. The number of aromatic carboxylic acids is 1. The molecule has 3 atom stereocenters. The SMILES string of the molecule is CCc1ccc([C@@H]2Nc3ccc(C(=O)O)cc3[C@H]3C=CC[C@H]32)cc1. The van der Waals surface area contributed by atoms with Crippen molar-refractivity contribution < 1.29 is 9.90 Å². The lowest BCUT2D eigenvalue weighted by Crippen LogP contribution is -2.29. The van der Waals surface area contributed by atoms with Gasteiger partial charge < -0.3 is 10.4 Å². The fourth-order valence-electron chi connectivity index (χ4n) is 4.02. The van der Waals surface area contributed by atoms with Crippen LogP contribution in [0.2, 0.25) is 0 Å². The molecule has 0 saturated heterocycles. The van der Waals surface area contributed by atoms with Crippen LogP contribution in [0.3, 0.4) is 0 Å². The molecule has 1 heterocycles. The van der Waals surface area contributed by atoms with Crippen LogP contribution in [0.25, 0.3) is 0 Å². The standard InChI is InChI=1S/C21H21NO2/c1-2-13-6-8-14(9-7-13)20-17-5-3-4-16(17)18-12-15(21(23)24)10-11-19(18)22-20/h3-4,6-12,16-17,20,22H,2,5H2,1H3,(H,23,24)/t16-,17+,20-/m0/s1. The van der Waals surface area contributed by atoms with Crippen molar-refractivity contribution in [3.05, 3.63) is 76.9 Å². The first-order chi connectivity index (χ1) is 11.7. The molecule has 0 unspecified atom stereocenters. The Hall–Kier alpha value is -2.55. The number of benzene rings is 2. The Morgan fingerprint density at radius 2 is 2.00 bits per heavy atom. The summed E-state index contributed by atoms with van der Waals surface area (Å²) >= 11 is 0. The Morgan fingerprint density at radius 1 is 1.21 bits per heavy atom. The summed E-state index contributed by atoms with van der Waals surface area (Å²) in [5, 5.41) is 12.9. The van der Waals surface area contributed by atoms with Crippen molar-refractivity contribution in [1.82, 2.24) is 0 Å². The molecular formula is C21H21NO2. The van der Waals surface area contributed by atoms with Crippen LogP contribution in [0.5, 0.6) is 0 Å². The van der Waals surface area contributed by atoms with Crippen molar-refractivity contribution >= 4 is 11.7 Å². The lowest BCUT2D eigenvalue weighted by atomic mass is 9.76. The summed E-state index contributed by atoms with van der Waals surface area (Å²) < 4.78 is 0. The van der Waals surface area contributed by atoms with Gasteiger partial charge in [0.2, 0.25) is 0 Å². The van der Waals surface area contributed by atoms with Crippen molar-refractivity contribution in [3.8, 4) is 0 Å². The third kappa shape index (κ3) is 2.41. The molecule has 2 aromatic rings. The molecule has 24 heavy (non-hydrogen) atoms. The van der Waals surface area contributed by atoms with Gasteiger partial charge in [-0.2, -0.15) is 0 Å². The van der Waals surface area contributed by atoms with Crippen LogP contribution in [0.15, 0.2) is 54.6 Å². The molecule has 1 aliphatic carbocycles. The topological polar surface area (TPSA) is 49.3 Å². The number of hydrogen-bond acceptors (Lipinski definition) is 2. The first-order valence-electron chi connectivity index (χ1n) is 8.56. The zero-order valence-corrected chi connectivity index (χ0v) is 13.7. The van der Waals surface area contributed by atoms with Crippen LogP contribution in [-0.2, 0) is 6.42 Å². The van der Waals surface area contributed by atoms with Gasteiger partial charge in [0.25, 0.3) is 0 Å². The van der Waals surface area contributed by atoms with E-state index in [4.69, 9.17) is 0 Å². The van der Waals surface area contributed by atoms with Gasteiger partial charge in [-0.3, -0.25) is 0 Å². The predicted octanol–water partition coefficient (Wildman–Crippen LogP) is 4.77. The summed E-state index contributed by atoms with van der Waals surface area (Å²) in [6, 6.07) is 14.5. The van der Waals surface area contributed by atoms with Gasteiger partial charge in [-0.05, 0) is 53.6 Å². The fraction of sp³-hybridized carbons (Fsp3) is 0.286.